The van der Waals surface area contributed by atoms with E-state index in [1.54, 1.807) is 7.11 Å². The molecule has 0 unspecified atom stereocenters. The van der Waals surface area contributed by atoms with Crippen molar-refractivity contribution in [2.45, 2.75) is 13.3 Å². The predicted molar refractivity (Wildman–Crippen MR) is 88.5 cm³/mol. The smallest absolute Gasteiger partial charge is 0.133 e. The largest absolute Gasteiger partial charge is 0.496 e. The van der Waals surface area contributed by atoms with Crippen molar-refractivity contribution < 1.29 is 4.74 Å². The molecule has 3 nitrogen and oxygen atoms in total. The van der Waals surface area contributed by atoms with Crippen molar-refractivity contribution in [3.8, 4) is 5.75 Å². The second-order valence-corrected chi connectivity index (χ2v) is 5.59. The second kappa shape index (κ2) is 6.66. The van der Waals surface area contributed by atoms with Crippen LogP contribution in [-0.2, 0) is 6.42 Å². The predicted octanol–water partition coefficient (Wildman–Crippen LogP) is 4.00. The third kappa shape index (κ3) is 3.67. The van der Waals surface area contributed by atoms with E-state index in [1.165, 1.54) is 11.1 Å². The summed E-state index contributed by atoms with van der Waals surface area (Å²) in [5.74, 6) is 0.851. The number of anilines is 2. The first-order valence-electron chi connectivity index (χ1n) is 6.52. The van der Waals surface area contributed by atoms with Gasteiger partial charge in [-0.2, -0.15) is 0 Å². The SMILES string of the molecule is COc1ccc(CCNc2ccc(C)cc2N)cc1Br. The fourth-order valence-corrected chi connectivity index (χ4v) is 2.64. The van der Waals surface area contributed by atoms with E-state index < -0.39 is 0 Å². The van der Waals surface area contributed by atoms with Crippen molar-refractivity contribution in [3.63, 3.8) is 0 Å². The highest BCUT2D eigenvalue weighted by Gasteiger charge is 2.02. The molecule has 0 aliphatic heterocycles. The van der Waals surface area contributed by atoms with E-state index in [4.69, 9.17) is 10.5 Å². The molecule has 20 heavy (non-hydrogen) atoms. The summed E-state index contributed by atoms with van der Waals surface area (Å²) >= 11 is 3.50. The van der Waals surface area contributed by atoms with Crippen LogP contribution >= 0.6 is 15.9 Å². The lowest BCUT2D eigenvalue weighted by Gasteiger charge is -2.11. The van der Waals surface area contributed by atoms with E-state index in [1.807, 2.05) is 25.1 Å². The first kappa shape index (κ1) is 14.7. The highest BCUT2D eigenvalue weighted by molar-refractivity contribution is 9.10. The van der Waals surface area contributed by atoms with Gasteiger partial charge in [0.25, 0.3) is 0 Å². The van der Waals surface area contributed by atoms with E-state index >= 15 is 0 Å². The van der Waals surface area contributed by atoms with Crippen molar-refractivity contribution in [2.24, 2.45) is 0 Å². The lowest BCUT2D eigenvalue weighted by molar-refractivity contribution is 0.412. The van der Waals surface area contributed by atoms with Gasteiger partial charge < -0.3 is 15.8 Å². The van der Waals surface area contributed by atoms with Crippen LogP contribution in [0.5, 0.6) is 5.75 Å². The van der Waals surface area contributed by atoms with Gasteiger partial charge in [0, 0.05) is 6.54 Å². The Morgan fingerprint density at radius 3 is 2.65 bits per heavy atom. The number of hydrogen-bond donors (Lipinski definition) is 2. The molecule has 0 aromatic heterocycles. The van der Waals surface area contributed by atoms with Gasteiger partial charge in [0.2, 0.25) is 0 Å². The van der Waals surface area contributed by atoms with Crippen molar-refractivity contribution >= 4 is 27.3 Å². The summed E-state index contributed by atoms with van der Waals surface area (Å²) in [6, 6.07) is 12.2. The molecule has 0 saturated carbocycles. The van der Waals surface area contributed by atoms with E-state index in [2.05, 4.69) is 39.4 Å². The molecule has 4 heteroatoms. The number of rotatable bonds is 5. The van der Waals surface area contributed by atoms with E-state index in [0.717, 1.165) is 34.6 Å². The number of nitrogens with two attached hydrogens (primary N) is 1. The number of nitrogen functional groups attached to an aromatic ring is 1. The lowest BCUT2D eigenvalue weighted by Crippen LogP contribution is -2.07. The highest BCUT2D eigenvalue weighted by atomic mass is 79.9. The molecule has 2 rings (SSSR count). The molecule has 0 atom stereocenters. The molecule has 2 aromatic carbocycles. The number of nitrogens with one attached hydrogen (secondary N) is 1. The number of aryl methyl sites for hydroxylation is 1. The first-order chi connectivity index (χ1) is 9.60. The monoisotopic (exact) mass is 334 g/mol. The van der Waals surface area contributed by atoms with Gasteiger partial charge in [-0.05, 0) is 64.7 Å². The number of halogens is 1. The van der Waals surface area contributed by atoms with E-state index in [-0.39, 0.29) is 0 Å². The average Bonchev–Trinajstić information content (AvgIpc) is 2.41. The zero-order valence-electron chi connectivity index (χ0n) is 11.7. The maximum atomic E-state index is 5.98. The molecule has 106 valence electrons. The standard InChI is InChI=1S/C16H19BrN2O/c1-11-3-5-15(14(18)9-11)19-8-7-12-4-6-16(20-2)13(17)10-12/h3-6,9-10,19H,7-8,18H2,1-2H3. The van der Waals surface area contributed by atoms with Gasteiger partial charge in [-0.15, -0.1) is 0 Å². The second-order valence-electron chi connectivity index (χ2n) is 4.74. The molecule has 0 heterocycles. The van der Waals surface area contributed by atoms with Crippen molar-refractivity contribution in [2.75, 3.05) is 24.7 Å². The van der Waals surface area contributed by atoms with Crippen molar-refractivity contribution in [3.05, 3.63) is 52.0 Å². The molecular weight excluding hydrogens is 316 g/mol. The third-order valence-electron chi connectivity index (χ3n) is 3.15. The molecule has 0 bridgehead atoms. The molecular formula is C16H19BrN2O. The average molecular weight is 335 g/mol. The molecule has 0 amide bonds. The van der Waals surface area contributed by atoms with Crippen LogP contribution in [0.1, 0.15) is 11.1 Å². The van der Waals surface area contributed by atoms with Gasteiger partial charge in [-0.3, -0.25) is 0 Å². The molecule has 0 fully saturated rings. The minimum Gasteiger partial charge on any atom is -0.496 e. The third-order valence-corrected chi connectivity index (χ3v) is 3.77. The maximum absolute atomic E-state index is 5.98. The summed E-state index contributed by atoms with van der Waals surface area (Å²) in [5, 5.41) is 3.37. The van der Waals surface area contributed by atoms with Crippen LogP contribution < -0.4 is 15.8 Å². The lowest BCUT2D eigenvalue weighted by atomic mass is 10.1. The van der Waals surface area contributed by atoms with Crippen molar-refractivity contribution in [1.82, 2.24) is 0 Å². The zero-order valence-corrected chi connectivity index (χ0v) is 13.3. The summed E-state index contributed by atoms with van der Waals surface area (Å²) < 4.78 is 6.20. The van der Waals surface area contributed by atoms with Crippen LogP contribution in [0.2, 0.25) is 0 Å². The van der Waals surface area contributed by atoms with Crippen molar-refractivity contribution in [1.29, 1.82) is 0 Å². The van der Waals surface area contributed by atoms with E-state index in [0.29, 0.717) is 0 Å². The van der Waals surface area contributed by atoms with Gasteiger partial charge in [0.1, 0.15) is 5.75 Å². The van der Waals surface area contributed by atoms with Crippen LogP contribution in [0.4, 0.5) is 11.4 Å². The van der Waals surface area contributed by atoms with Gasteiger partial charge in [0.15, 0.2) is 0 Å². The van der Waals surface area contributed by atoms with Crippen LogP contribution in [0.3, 0.4) is 0 Å². The fourth-order valence-electron chi connectivity index (χ4n) is 2.05. The van der Waals surface area contributed by atoms with Crippen LogP contribution in [0.25, 0.3) is 0 Å². The summed E-state index contributed by atoms with van der Waals surface area (Å²) in [5.41, 5.74) is 10.2. The van der Waals surface area contributed by atoms with Gasteiger partial charge in [-0.1, -0.05) is 12.1 Å². The number of ether oxygens (including phenoxy) is 1. The van der Waals surface area contributed by atoms with Gasteiger partial charge in [0.05, 0.1) is 23.0 Å². The van der Waals surface area contributed by atoms with Crippen LogP contribution in [-0.4, -0.2) is 13.7 Å². The summed E-state index contributed by atoms with van der Waals surface area (Å²) in [7, 11) is 1.67. The first-order valence-corrected chi connectivity index (χ1v) is 7.32. The minimum atomic E-state index is 0.793. The summed E-state index contributed by atoms with van der Waals surface area (Å²) in [6.45, 7) is 2.88. The van der Waals surface area contributed by atoms with Crippen LogP contribution in [0, 0.1) is 6.92 Å². The fraction of sp³-hybridized carbons (Fsp3) is 0.250. The molecule has 0 radical (unpaired) electrons. The summed E-state index contributed by atoms with van der Waals surface area (Å²) in [6.07, 6.45) is 0.926. The van der Waals surface area contributed by atoms with Crippen LogP contribution in [0.15, 0.2) is 40.9 Å². The molecule has 0 aliphatic carbocycles. The Labute approximate surface area is 128 Å². The molecule has 0 saturated heterocycles. The molecule has 2 aromatic rings. The molecule has 0 aliphatic rings. The Kier molecular flexibility index (Phi) is 4.90. The Hall–Kier alpha value is -1.68. The number of benzene rings is 2. The summed E-state index contributed by atoms with van der Waals surface area (Å²) in [4.78, 5) is 0. The minimum absolute atomic E-state index is 0.793. The Morgan fingerprint density at radius 2 is 2.00 bits per heavy atom. The molecule has 0 spiro atoms. The Balaban J connectivity index is 1.94. The molecule has 3 N–H and O–H groups in total. The highest BCUT2D eigenvalue weighted by Crippen LogP contribution is 2.26. The number of hydrogen-bond acceptors (Lipinski definition) is 3. The Bertz CT molecular complexity index is 599. The van der Waals surface area contributed by atoms with E-state index in [9.17, 15) is 0 Å². The maximum Gasteiger partial charge on any atom is 0.133 e. The van der Waals surface area contributed by atoms with Gasteiger partial charge >= 0.3 is 0 Å². The topological polar surface area (TPSA) is 47.3 Å². The number of methoxy groups -OCH3 is 1. The normalized spacial score (nSPS) is 10.3. The zero-order chi connectivity index (χ0) is 14.5. The van der Waals surface area contributed by atoms with Gasteiger partial charge in [-0.25, -0.2) is 0 Å². The Morgan fingerprint density at radius 1 is 1.20 bits per heavy atom. The quantitative estimate of drug-likeness (QED) is 0.812.